The molecule has 0 atom stereocenters. The fourth-order valence-corrected chi connectivity index (χ4v) is 1.03. The van der Waals surface area contributed by atoms with E-state index in [2.05, 4.69) is 20.1 Å². The van der Waals surface area contributed by atoms with Gasteiger partial charge in [-0.15, -0.1) is 0 Å². The van der Waals surface area contributed by atoms with Gasteiger partial charge in [0.2, 0.25) is 4.77 Å². The second-order valence-corrected chi connectivity index (χ2v) is 2.38. The van der Waals surface area contributed by atoms with Crippen molar-refractivity contribution in [2.45, 2.75) is 0 Å². The Morgan fingerprint density at radius 3 is 3.17 bits per heavy atom. The molecule has 0 bridgehead atoms. The first-order chi connectivity index (χ1) is 5.81. The highest BCUT2D eigenvalue weighted by atomic mass is 32.1. The van der Waals surface area contributed by atoms with Gasteiger partial charge < -0.3 is 4.74 Å². The number of H-pyrrole nitrogens is 1. The van der Waals surface area contributed by atoms with Crippen LogP contribution in [0.2, 0.25) is 0 Å². The number of hydrogen-bond acceptors (Lipinski definition) is 5. The van der Waals surface area contributed by atoms with Gasteiger partial charge in [-0.25, -0.2) is 0 Å². The smallest absolute Gasteiger partial charge is 0.322 e. The molecule has 0 aliphatic heterocycles. The third kappa shape index (κ3) is 0.944. The lowest BCUT2D eigenvalue weighted by molar-refractivity contribution is 0.377. The minimum absolute atomic E-state index is 0.229. The molecule has 2 heterocycles. The maximum atomic E-state index is 4.92. The Bertz CT molecular complexity index is 460. The van der Waals surface area contributed by atoms with Crippen molar-refractivity contribution in [3.05, 3.63) is 11.1 Å². The van der Waals surface area contributed by atoms with Crippen LogP contribution in [0.25, 0.3) is 5.78 Å². The van der Waals surface area contributed by atoms with Crippen LogP contribution in [-0.2, 0) is 0 Å². The van der Waals surface area contributed by atoms with Crippen LogP contribution < -0.4 is 4.74 Å². The summed E-state index contributed by atoms with van der Waals surface area (Å²) in [5, 5.41) is 2.76. The Balaban J connectivity index is 2.84. The molecule has 2 aromatic rings. The second-order valence-electron chi connectivity index (χ2n) is 2.02. The molecule has 12 heavy (non-hydrogen) atoms. The second kappa shape index (κ2) is 2.52. The third-order valence-corrected chi connectivity index (χ3v) is 1.60. The summed E-state index contributed by atoms with van der Waals surface area (Å²) in [4.78, 5) is 11.7. The number of rotatable bonds is 1. The summed E-state index contributed by atoms with van der Waals surface area (Å²) >= 11 is 4.92. The lowest BCUT2D eigenvalue weighted by Crippen LogP contribution is -1.99. The summed E-state index contributed by atoms with van der Waals surface area (Å²) in [7, 11) is 1.48. The molecule has 6 nitrogen and oxygen atoms in total. The molecule has 0 amide bonds. The minimum atomic E-state index is 0.229. The lowest BCUT2D eigenvalue weighted by atomic mass is 10.9. The summed E-state index contributed by atoms with van der Waals surface area (Å²) in [5.41, 5.74) is 0. The molecule has 0 unspecified atom stereocenters. The topological polar surface area (TPSA) is 68.1 Å². The highest BCUT2D eigenvalue weighted by Crippen LogP contribution is 2.01. The number of aromatic nitrogens is 5. The molecule has 0 aliphatic carbocycles. The fraction of sp³-hybridized carbons (Fsp3) is 0.200. The SMILES string of the molecule is COc1nc(=S)n2[nH]cnc2n1. The monoisotopic (exact) mass is 183 g/mol. The number of hydrogen-bond donors (Lipinski definition) is 1. The summed E-state index contributed by atoms with van der Waals surface area (Å²) in [6, 6.07) is 0.229. The van der Waals surface area contributed by atoms with Crippen molar-refractivity contribution in [2.75, 3.05) is 7.11 Å². The molecule has 2 aromatic heterocycles. The van der Waals surface area contributed by atoms with Crippen LogP contribution in [0, 0.1) is 4.77 Å². The van der Waals surface area contributed by atoms with Gasteiger partial charge >= 0.3 is 6.01 Å². The Labute approximate surface area is 72.2 Å². The van der Waals surface area contributed by atoms with E-state index < -0.39 is 0 Å². The summed E-state index contributed by atoms with van der Waals surface area (Å²) in [5.74, 6) is 0.451. The summed E-state index contributed by atoms with van der Waals surface area (Å²) < 4.78 is 6.64. The number of nitrogens with zero attached hydrogens (tertiary/aromatic N) is 4. The zero-order valence-electron chi connectivity index (χ0n) is 6.18. The number of aromatic amines is 1. The van der Waals surface area contributed by atoms with Crippen molar-refractivity contribution in [3.63, 3.8) is 0 Å². The van der Waals surface area contributed by atoms with Gasteiger partial charge in [-0.05, 0) is 12.2 Å². The zero-order chi connectivity index (χ0) is 8.55. The van der Waals surface area contributed by atoms with Gasteiger partial charge in [0.25, 0.3) is 5.78 Å². The number of fused-ring (bicyclic) bond motifs is 1. The zero-order valence-corrected chi connectivity index (χ0v) is 7.00. The highest BCUT2D eigenvalue weighted by molar-refractivity contribution is 7.71. The number of ether oxygens (including phenoxy) is 1. The average molecular weight is 183 g/mol. The van der Waals surface area contributed by atoms with E-state index in [4.69, 9.17) is 17.0 Å². The molecule has 0 saturated heterocycles. The molecule has 0 fully saturated rings. The highest BCUT2D eigenvalue weighted by Gasteiger charge is 2.01. The van der Waals surface area contributed by atoms with E-state index in [1.54, 1.807) is 0 Å². The van der Waals surface area contributed by atoms with Crippen molar-refractivity contribution in [1.29, 1.82) is 0 Å². The van der Waals surface area contributed by atoms with Crippen molar-refractivity contribution in [2.24, 2.45) is 0 Å². The van der Waals surface area contributed by atoms with E-state index >= 15 is 0 Å². The van der Waals surface area contributed by atoms with Gasteiger partial charge in [0, 0.05) is 0 Å². The van der Waals surface area contributed by atoms with Gasteiger partial charge in [0.15, 0.2) is 0 Å². The largest absolute Gasteiger partial charge is 0.467 e. The molecule has 7 heteroatoms. The molecule has 62 valence electrons. The molecule has 0 saturated carbocycles. The van der Waals surface area contributed by atoms with Gasteiger partial charge in [-0.3, -0.25) is 5.10 Å². The predicted molar refractivity (Wildman–Crippen MR) is 42.5 cm³/mol. The van der Waals surface area contributed by atoms with Gasteiger partial charge in [0.05, 0.1) is 7.11 Å². The maximum Gasteiger partial charge on any atom is 0.322 e. The van der Waals surface area contributed by atoms with Gasteiger partial charge in [-0.2, -0.15) is 19.5 Å². The van der Waals surface area contributed by atoms with Crippen molar-refractivity contribution in [3.8, 4) is 6.01 Å². The van der Waals surface area contributed by atoms with Crippen molar-refractivity contribution in [1.82, 2.24) is 24.6 Å². The Morgan fingerprint density at radius 1 is 1.58 bits per heavy atom. The molecule has 0 aliphatic rings. The van der Waals surface area contributed by atoms with E-state index in [9.17, 15) is 0 Å². The van der Waals surface area contributed by atoms with Crippen LogP contribution in [-0.4, -0.2) is 31.7 Å². The van der Waals surface area contributed by atoms with E-state index in [0.29, 0.717) is 10.5 Å². The molecular formula is C5H5N5OS. The Hall–Kier alpha value is -1.50. The van der Waals surface area contributed by atoms with Crippen LogP contribution in [0.1, 0.15) is 0 Å². The minimum Gasteiger partial charge on any atom is -0.467 e. The quantitative estimate of drug-likeness (QED) is 0.639. The first-order valence-electron chi connectivity index (χ1n) is 3.15. The predicted octanol–water partition coefficient (Wildman–Crippen LogP) is 0.190. The summed E-state index contributed by atoms with van der Waals surface area (Å²) in [6.45, 7) is 0. The molecule has 0 spiro atoms. The Morgan fingerprint density at radius 2 is 2.42 bits per heavy atom. The third-order valence-electron chi connectivity index (χ3n) is 1.33. The molecular weight excluding hydrogens is 178 g/mol. The van der Waals surface area contributed by atoms with Gasteiger partial charge in [0.1, 0.15) is 6.33 Å². The van der Waals surface area contributed by atoms with Gasteiger partial charge in [-0.1, -0.05) is 0 Å². The number of nitrogens with one attached hydrogen (secondary N) is 1. The number of methoxy groups -OCH3 is 1. The van der Waals surface area contributed by atoms with E-state index in [1.165, 1.54) is 18.0 Å². The van der Waals surface area contributed by atoms with Crippen molar-refractivity contribution >= 4 is 18.0 Å². The normalized spacial score (nSPS) is 10.4. The molecule has 1 N–H and O–H groups in total. The first-order valence-corrected chi connectivity index (χ1v) is 3.56. The molecule has 0 radical (unpaired) electrons. The molecule has 0 aromatic carbocycles. The first kappa shape index (κ1) is 7.17. The lowest BCUT2D eigenvalue weighted by Gasteiger charge is -1.95. The summed E-state index contributed by atoms with van der Waals surface area (Å²) in [6.07, 6.45) is 1.49. The average Bonchev–Trinajstić information content (AvgIpc) is 2.52. The van der Waals surface area contributed by atoms with Crippen LogP contribution in [0.4, 0.5) is 0 Å². The maximum absolute atomic E-state index is 4.92. The van der Waals surface area contributed by atoms with E-state index in [-0.39, 0.29) is 6.01 Å². The fourth-order valence-electron chi connectivity index (χ4n) is 0.813. The Kier molecular flexibility index (Phi) is 1.51. The van der Waals surface area contributed by atoms with Crippen molar-refractivity contribution < 1.29 is 4.74 Å². The van der Waals surface area contributed by atoms with Crippen LogP contribution >= 0.6 is 12.2 Å². The van der Waals surface area contributed by atoms with Crippen LogP contribution in [0.15, 0.2) is 6.33 Å². The van der Waals surface area contributed by atoms with E-state index in [1.807, 2.05) is 0 Å². The standard InChI is InChI=1S/C5H5N5OS/c1-11-4-8-3-6-2-7-10(3)5(12)9-4/h2H,1H3,(H,6,7,8,9,12). The van der Waals surface area contributed by atoms with Crippen LogP contribution in [0.3, 0.4) is 0 Å². The van der Waals surface area contributed by atoms with Crippen LogP contribution in [0.5, 0.6) is 6.01 Å². The molecule has 2 rings (SSSR count). The van der Waals surface area contributed by atoms with E-state index in [0.717, 1.165) is 0 Å².